The van der Waals surface area contributed by atoms with Crippen molar-refractivity contribution in [3.05, 3.63) is 24.2 Å². The van der Waals surface area contributed by atoms with E-state index in [2.05, 4.69) is 17.1 Å². The molecule has 1 saturated heterocycles. The highest BCUT2D eigenvalue weighted by Crippen LogP contribution is 2.11. The van der Waals surface area contributed by atoms with Gasteiger partial charge in [-0.2, -0.15) is 0 Å². The number of nitrogens with zero attached hydrogens (tertiary/aromatic N) is 1. The van der Waals surface area contributed by atoms with Gasteiger partial charge in [0.15, 0.2) is 9.84 Å². The molecule has 2 rings (SSSR count). The Morgan fingerprint density at radius 1 is 1.44 bits per heavy atom. The van der Waals surface area contributed by atoms with Crippen LogP contribution < -0.4 is 5.32 Å². The average Bonchev–Trinajstić information content (AvgIpc) is 2.85. The topological polar surface area (TPSA) is 62.6 Å². The van der Waals surface area contributed by atoms with Gasteiger partial charge in [0, 0.05) is 26.2 Å². The van der Waals surface area contributed by atoms with Gasteiger partial charge in [-0.3, -0.25) is 0 Å². The number of rotatable bonds is 5. The Bertz CT molecular complexity index is 442. The lowest BCUT2D eigenvalue weighted by molar-refractivity contribution is 0.287. The van der Waals surface area contributed by atoms with Crippen molar-refractivity contribution in [1.82, 2.24) is 10.2 Å². The molecule has 1 aliphatic heterocycles. The van der Waals surface area contributed by atoms with Crippen molar-refractivity contribution >= 4 is 9.84 Å². The first-order chi connectivity index (χ1) is 8.57. The monoisotopic (exact) mass is 272 g/mol. The quantitative estimate of drug-likeness (QED) is 0.853. The molecule has 1 unspecified atom stereocenters. The van der Waals surface area contributed by atoms with E-state index in [1.807, 2.05) is 12.1 Å². The molecule has 1 fully saturated rings. The summed E-state index contributed by atoms with van der Waals surface area (Å²) in [7, 11) is -2.77. The molecule has 0 spiro atoms. The summed E-state index contributed by atoms with van der Waals surface area (Å²) in [6.45, 7) is 5.07. The Kier molecular flexibility index (Phi) is 4.42. The van der Waals surface area contributed by atoms with E-state index in [9.17, 15) is 8.42 Å². The van der Waals surface area contributed by atoms with Crippen LogP contribution in [-0.4, -0.2) is 51.0 Å². The summed E-state index contributed by atoms with van der Waals surface area (Å²) in [5.74, 6) is 1.51. The van der Waals surface area contributed by atoms with E-state index in [0.29, 0.717) is 24.6 Å². The lowest BCUT2D eigenvalue weighted by Crippen LogP contribution is -2.43. The summed E-state index contributed by atoms with van der Waals surface area (Å²) in [4.78, 5) is 2.18. The molecule has 0 amide bonds. The standard InChI is InChI=1S/C12H20N2O3S/c1-11(12-3-2-8-17-12)13-4-5-14-6-9-18(15,16)10-7-14/h2-3,8,11,13H,4-7,9-10H2,1H3. The highest BCUT2D eigenvalue weighted by molar-refractivity contribution is 7.91. The minimum absolute atomic E-state index is 0.188. The summed E-state index contributed by atoms with van der Waals surface area (Å²) >= 11 is 0. The third-order valence-corrected chi connectivity index (χ3v) is 4.89. The molecular formula is C12H20N2O3S. The molecule has 1 N–H and O–H groups in total. The van der Waals surface area contributed by atoms with Crippen LogP contribution in [0.4, 0.5) is 0 Å². The number of hydrogen-bond acceptors (Lipinski definition) is 5. The average molecular weight is 272 g/mol. The minimum Gasteiger partial charge on any atom is -0.468 e. The largest absolute Gasteiger partial charge is 0.468 e. The van der Waals surface area contributed by atoms with E-state index >= 15 is 0 Å². The molecule has 0 radical (unpaired) electrons. The highest BCUT2D eigenvalue weighted by atomic mass is 32.2. The Hall–Kier alpha value is -0.850. The van der Waals surface area contributed by atoms with Gasteiger partial charge >= 0.3 is 0 Å². The van der Waals surface area contributed by atoms with Crippen LogP contribution in [0.5, 0.6) is 0 Å². The smallest absolute Gasteiger partial charge is 0.152 e. The predicted octanol–water partition coefficient (Wildman–Crippen LogP) is 0.661. The van der Waals surface area contributed by atoms with E-state index in [1.165, 1.54) is 0 Å². The molecule has 6 heteroatoms. The van der Waals surface area contributed by atoms with Gasteiger partial charge in [0.05, 0.1) is 23.8 Å². The first-order valence-corrected chi connectivity index (χ1v) is 8.08. The lowest BCUT2D eigenvalue weighted by atomic mass is 10.2. The van der Waals surface area contributed by atoms with Gasteiger partial charge in [-0.1, -0.05) is 0 Å². The second-order valence-electron chi connectivity index (χ2n) is 4.68. The second-order valence-corrected chi connectivity index (χ2v) is 6.99. The zero-order valence-electron chi connectivity index (χ0n) is 10.6. The van der Waals surface area contributed by atoms with Crippen LogP contribution >= 0.6 is 0 Å². The van der Waals surface area contributed by atoms with Crippen molar-refractivity contribution in [2.45, 2.75) is 13.0 Å². The van der Waals surface area contributed by atoms with Crippen LogP contribution in [0.1, 0.15) is 18.7 Å². The Morgan fingerprint density at radius 3 is 2.78 bits per heavy atom. The van der Waals surface area contributed by atoms with Gasteiger partial charge in [-0.05, 0) is 19.1 Å². The molecule has 0 bridgehead atoms. The van der Waals surface area contributed by atoms with E-state index < -0.39 is 9.84 Å². The fourth-order valence-corrected chi connectivity index (χ4v) is 3.33. The van der Waals surface area contributed by atoms with Crippen molar-refractivity contribution in [2.24, 2.45) is 0 Å². The van der Waals surface area contributed by atoms with Gasteiger partial charge in [-0.15, -0.1) is 0 Å². The second kappa shape index (κ2) is 5.86. The zero-order chi connectivity index (χ0) is 13.0. The number of furan rings is 1. The van der Waals surface area contributed by atoms with Crippen molar-refractivity contribution < 1.29 is 12.8 Å². The number of nitrogens with one attached hydrogen (secondary N) is 1. The summed E-state index contributed by atoms with van der Waals surface area (Å²) < 4.78 is 27.9. The third kappa shape index (κ3) is 3.83. The summed E-state index contributed by atoms with van der Waals surface area (Å²) in [5, 5.41) is 3.37. The Labute approximate surface area is 108 Å². The molecule has 1 aromatic heterocycles. The first-order valence-electron chi connectivity index (χ1n) is 6.26. The van der Waals surface area contributed by atoms with Crippen LogP contribution in [0.25, 0.3) is 0 Å². The predicted molar refractivity (Wildman–Crippen MR) is 70.2 cm³/mol. The summed E-state index contributed by atoms with van der Waals surface area (Å²) in [5.41, 5.74) is 0. The fraction of sp³-hybridized carbons (Fsp3) is 0.667. The van der Waals surface area contributed by atoms with E-state index in [1.54, 1.807) is 6.26 Å². The summed E-state index contributed by atoms with van der Waals surface area (Å²) in [6, 6.07) is 4.02. The van der Waals surface area contributed by atoms with E-state index in [-0.39, 0.29) is 6.04 Å². The maximum Gasteiger partial charge on any atom is 0.152 e. The Balaban J connectivity index is 1.67. The van der Waals surface area contributed by atoms with E-state index in [4.69, 9.17) is 4.42 Å². The van der Waals surface area contributed by atoms with Crippen LogP contribution in [0.3, 0.4) is 0 Å². The van der Waals surface area contributed by atoms with Gasteiger partial charge < -0.3 is 14.6 Å². The number of hydrogen-bond donors (Lipinski definition) is 1. The van der Waals surface area contributed by atoms with Crippen LogP contribution in [0, 0.1) is 0 Å². The molecular weight excluding hydrogens is 252 g/mol. The van der Waals surface area contributed by atoms with Gasteiger partial charge in [0.2, 0.25) is 0 Å². The fourth-order valence-electron chi connectivity index (χ4n) is 2.05. The highest BCUT2D eigenvalue weighted by Gasteiger charge is 2.21. The van der Waals surface area contributed by atoms with Crippen LogP contribution in [0.15, 0.2) is 22.8 Å². The van der Waals surface area contributed by atoms with Crippen molar-refractivity contribution in [3.63, 3.8) is 0 Å². The maximum atomic E-state index is 11.3. The molecule has 0 aliphatic carbocycles. The molecule has 5 nitrogen and oxygen atoms in total. The van der Waals surface area contributed by atoms with Crippen LogP contribution in [0.2, 0.25) is 0 Å². The summed E-state index contributed by atoms with van der Waals surface area (Å²) in [6.07, 6.45) is 1.67. The number of sulfone groups is 1. The van der Waals surface area contributed by atoms with Crippen molar-refractivity contribution in [3.8, 4) is 0 Å². The zero-order valence-corrected chi connectivity index (χ0v) is 11.4. The molecule has 0 saturated carbocycles. The van der Waals surface area contributed by atoms with Crippen LogP contribution in [-0.2, 0) is 9.84 Å². The third-order valence-electron chi connectivity index (χ3n) is 3.29. The van der Waals surface area contributed by atoms with E-state index in [0.717, 1.165) is 18.8 Å². The lowest BCUT2D eigenvalue weighted by Gasteiger charge is -2.26. The molecule has 18 heavy (non-hydrogen) atoms. The minimum atomic E-state index is -2.77. The molecule has 1 aliphatic rings. The molecule has 1 aromatic rings. The molecule has 2 heterocycles. The van der Waals surface area contributed by atoms with Crippen molar-refractivity contribution in [2.75, 3.05) is 37.7 Å². The van der Waals surface area contributed by atoms with Gasteiger partial charge in [-0.25, -0.2) is 8.42 Å². The molecule has 0 aromatic carbocycles. The first kappa shape index (κ1) is 13.6. The SMILES string of the molecule is CC(NCCN1CCS(=O)(=O)CC1)c1ccco1. The Morgan fingerprint density at radius 2 is 2.17 bits per heavy atom. The van der Waals surface area contributed by atoms with Gasteiger partial charge in [0.25, 0.3) is 0 Å². The maximum absolute atomic E-state index is 11.3. The van der Waals surface area contributed by atoms with Crippen molar-refractivity contribution in [1.29, 1.82) is 0 Å². The molecule has 1 atom stereocenters. The molecule has 102 valence electrons. The van der Waals surface area contributed by atoms with Gasteiger partial charge in [0.1, 0.15) is 5.76 Å². The normalized spacial score (nSPS) is 21.8.